The number of aromatic nitrogens is 4. The Labute approximate surface area is 87.8 Å². The van der Waals surface area contributed by atoms with Crippen molar-refractivity contribution in [3.63, 3.8) is 0 Å². The van der Waals surface area contributed by atoms with E-state index in [1.807, 2.05) is 11.3 Å². The van der Waals surface area contributed by atoms with E-state index in [1.165, 1.54) is 0 Å². The molecule has 0 spiro atoms. The normalized spacial score (nSPS) is 15.4. The summed E-state index contributed by atoms with van der Waals surface area (Å²) in [4.78, 5) is 4.29. The van der Waals surface area contributed by atoms with Gasteiger partial charge in [-0.2, -0.15) is 0 Å². The third-order valence-corrected chi connectivity index (χ3v) is 2.62. The molecule has 5 heteroatoms. The van der Waals surface area contributed by atoms with Crippen LogP contribution in [0.4, 0.5) is 0 Å². The highest BCUT2D eigenvalue weighted by Crippen LogP contribution is 2.23. The topological polar surface area (TPSA) is 63.3 Å². The molecule has 2 aromatic heterocycles. The average Bonchev–Trinajstić information content (AvgIpc) is 2.66. The van der Waals surface area contributed by atoms with Crippen molar-refractivity contribution < 1.29 is 5.11 Å². The Hall–Kier alpha value is -1.49. The Morgan fingerprint density at radius 3 is 3.00 bits per heavy atom. The predicted octanol–water partition coefficient (Wildman–Crippen LogP) is 0.999. The molecule has 0 aliphatic carbocycles. The molecular formula is C10H14N4O. The second-order valence-corrected chi connectivity index (χ2v) is 3.63. The van der Waals surface area contributed by atoms with Gasteiger partial charge in [0.25, 0.3) is 0 Å². The van der Waals surface area contributed by atoms with E-state index in [0.29, 0.717) is 0 Å². The fraction of sp³-hybridized carbons (Fsp3) is 0.500. The van der Waals surface area contributed by atoms with Crippen LogP contribution in [-0.2, 0) is 0 Å². The first-order valence-electron chi connectivity index (χ1n) is 5.06. The van der Waals surface area contributed by atoms with Gasteiger partial charge in [-0.25, -0.2) is 0 Å². The second-order valence-electron chi connectivity index (χ2n) is 3.63. The van der Waals surface area contributed by atoms with Crippen molar-refractivity contribution in [1.82, 2.24) is 19.6 Å². The Morgan fingerprint density at radius 1 is 1.53 bits per heavy atom. The molecular weight excluding hydrogens is 192 g/mol. The van der Waals surface area contributed by atoms with Crippen molar-refractivity contribution in [2.45, 2.75) is 32.3 Å². The van der Waals surface area contributed by atoms with Crippen LogP contribution in [0.25, 0.3) is 5.65 Å². The van der Waals surface area contributed by atoms with E-state index in [1.54, 1.807) is 25.6 Å². The van der Waals surface area contributed by atoms with Crippen molar-refractivity contribution in [3.05, 3.63) is 24.4 Å². The minimum absolute atomic E-state index is 0.0119. The van der Waals surface area contributed by atoms with Crippen molar-refractivity contribution in [2.75, 3.05) is 0 Å². The summed E-state index contributed by atoms with van der Waals surface area (Å²) in [6, 6.07) is 0. The molecule has 15 heavy (non-hydrogen) atoms. The lowest BCUT2D eigenvalue weighted by Gasteiger charge is -2.17. The largest absolute Gasteiger partial charge is 0.393 e. The lowest BCUT2D eigenvalue weighted by atomic mass is 9.97. The fourth-order valence-electron chi connectivity index (χ4n) is 1.80. The molecule has 0 aliphatic heterocycles. The van der Waals surface area contributed by atoms with Crippen LogP contribution in [0.15, 0.2) is 18.7 Å². The molecule has 0 saturated carbocycles. The molecule has 0 amide bonds. The Morgan fingerprint density at radius 2 is 2.33 bits per heavy atom. The van der Waals surface area contributed by atoms with Gasteiger partial charge >= 0.3 is 0 Å². The number of aliphatic hydroxyl groups excluding tert-OH is 1. The molecule has 0 fully saturated rings. The van der Waals surface area contributed by atoms with Gasteiger partial charge in [-0.3, -0.25) is 9.38 Å². The van der Waals surface area contributed by atoms with Gasteiger partial charge in [0, 0.05) is 18.3 Å². The standard InChI is InChI=1S/C10H14N4O/c1-3-8(7(2)15)9-10-13-12-6-14(10)5-4-11-9/h4-8,15H,3H2,1-2H3. The third-order valence-electron chi connectivity index (χ3n) is 2.62. The Bertz CT molecular complexity index is 451. The van der Waals surface area contributed by atoms with Gasteiger partial charge < -0.3 is 5.11 Å². The lowest BCUT2D eigenvalue weighted by molar-refractivity contribution is 0.158. The number of nitrogens with zero attached hydrogens (tertiary/aromatic N) is 4. The molecule has 2 aromatic rings. The van der Waals surface area contributed by atoms with Gasteiger partial charge in [0.15, 0.2) is 5.65 Å². The first kappa shape index (κ1) is 10.0. The van der Waals surface area contributed by atoms with Crippen molar-refractivity contribution >= 4 is 5.65 Å². The monoisotopic (exact) mass is 206 g/mol. The predicted molar refractivity (Wildman–Crippen MR) is 55.5 cm³/mol. The maximum absolute atomic E-state index is 9.67. The first-order chi connectivity index (χ1) is 7.24. The minimum atomic E-state index is -0.426. The van der Waals surface area contributed by atoms with E-state index >= 15 is 0 Å². The molecule has 2 unspecified atom stereocenters. The summed E-state index contributed by atoms with van der Waals surface area (Å²) < 4.78 is 1.81. The molecule has 5 nitrogen and oxygen atoms in total. The van der Waals surface area contributed by atoms with Crippen molar-refractivity contribution in [1.29, 1.82) is 0 Å². The fourth-order valence-corrected chi connectivity index (χ4v) is 1.80. The molecule has 0 aromatic carbocycles. The van der Waals surface area contributed by atoms with Gasteiger partial charge in [0.2, 0.25) is 0 Å². The summed E-state index contributed by atoms with van der Waals surface area (Å²) in [5.41, 5.74) is 1.54. The highest BCUT2D eigenvalue weighted by molar-refractivity contribution is 5.44. The molecule has 80 valence electrons. The number of hydrogen-bond donors (Lipinski definition) is 1. The van der Waals surface area contributed by atoms with Gasteiger partial charge in [-0.1, -0.05) is 6.92 Å². The number of fused-ring (bicyclic) bond motifs is 1. The second kappa shape index (κ2) is 3.94. The van der Waals surface area contributed by atoms with E-state index in [4.69, 9.17) is 0 Å². The van der Waals surface area contributed by atoms with Crippen LogP contribution in [0.1, 0.15) is 31.9 Å². The van der Waals surface area contributed by atoms with Crippen LogP contribution in [-0.4, -0.2) is 30.8 Å². The summed E-state index contributed by atoms with van der Waals surface area (Å²) in [5.74, 6) is 0.0119. The molecule has 2 rings (SSSR count). The number of rotatable bonds is 3. The zero-order chi connectivity index (χ0) is 10.8. The van der Waals surface area contributed by atoms with E-state index in [9.17, 15) is 5.11 Å². The van der Waals surface area contributed by atoms with E-state index in [0.717, 1.165) is 17.8 Å². The Kier molecular flexibility index (Phi) is 2.64. The molecule has 1 N–H and O–H groups in total. The van der Waals surface area contributed by atoms with Crippen LogP contribution in [0.2, 0.25) is 0 Å². The van der Waals surface area contributed by atoms with Crippen LogP contribution >= 0.6 is 0 Å². The first-order valence-corrected chi connectivity index (χ1v) is 5.06. The van der Waals surface area contributed by atoms with Gasteiger partial charge in [-0.15, -0.1) is 10.2 Å². The van der Waals surface area contributed by atoms with E-state index in [2.05, 4.69) is 15.2 Å². The van der Waals surface area contributed by atoms with Gasteiger partial charge in [0.1, 0.15) is 6.33 Å². The van der Waals surface area contributed by atoms with Crippen LogP contribution in [0.5, 0.6) is 0 Å². The van der Waals surface area contributed by atoms with Crippen LogP contribution < -0.4 is 0 Å². The van der Waals surface area contributed by atoms with Crippen molar-refractivity contribution in [2.24, 2.45) is 0 Å². The zero-order valence-corrected chi connectivity index (χ0v) is 8.83. The van der Waals surface area contributed by atoms with Gasteiger partial charge in [0.05, 0.1) is 11.8 Å². The number of hydrogen-bond acceptors (Lipinski definition) is 4. The smallest absolute Gasteiger partial charge is 0.182 e. The zero-order valence-electron chi connectivity index (χ0n) is 8.83. The summed E-state index contributed by atoms with van der Waals surface area (Å²) in [6.45, 7) is 3.80. The molecule has 0 bridgehead atoms. The highest BCUT2D eigenvalue weighted by atomic mass is 16.3. The summed E-state index contributed by atoms with van der Waals surface area (Å²) in [5, 5.41) is 17.5. The third kappa shape index (κ3) is 1.70. The maximum atomic E-state index is 9.67. The molecule has 2 heterocycles. The lowest BCUT2D eigenvalue weighted by Crippen LogP contribution is -2.16. The SMILES string of the molecule is CCC(c1nccn2cnnc12)C(C)O. The van der Waals surface area contributed by atoms with E-state index in [-0.39, 0.29) is 5.92 Å². The number of aliphatic hydroxyl groups is 1. The van der Waals surface area contributed by atoms with Crippen LogP contribution in [0, 0.1) is 0 Å². The van der Waals surface area contributed by atoms with Crippen molar-refractivity contribution in [3.8, 4) is 0 Å². The van der Waals surface area contributed by atoms with Gasteiger partial charge in [-0.05, 0) is 13.3 Å². The summed E-state index contributed by atoms with van der Waals surface area (Å²) in [7, 11) is 0. The highest BCUT2D eigenvalue weighted by Gasteiger charge is 2.20. The molecule has 0 aliphatic rings. The maximum Gasteiger partial charge on any atom is 0.182 e. The minimum Gasteiger partial charge on any atom is -0.393 e. The quantitative estimate of drug-likeness (QED) is 0.813. The molecule has 2 atom stereocenters. The summed E-state index contributed by atoms with van der Waals surface area (Å²) in [6.07, 6.45) is 5.54. The summed E-state index contributed by atoms with van der Waals surface area (Å²) >= 11 is 0. The average molecular weight is 206 g/mol. The molecule has 0 saturated heterocycles. The van der Waals surface area contributed by atoms with E-state index < -0.39 is 6.10 Å². The van der Waals surface area contributed by atoms with Crippen LogP contribution in [0.3, 0.4) is 0 Å². The molecule has 0 radical (unpaired) electrons. The Balaban J connectivity index is 2.54.